The van der Waals surface area contributed by atoms with Crippen molar-refractivity contribution in [2.75, 3.05) is 31.1 Å². The topological polar surface area (TPSA) is 73.0 Å². The number of ether oxygens (including phenoxy) is 1. The summed E-state index contributed by atoms with van der Waals surface area (Å²) in [6.45, 7) is 5.89. The third kappa shape index (κ3) is 5.10. The van der Waals surface area contributed by atoms with Crippen molar-refractivity contribution in [1.82, 2.24) is 10.1 Å². The normalized spacial score (nSPS) is 14.5. The van der Waals surface area contributed by atoms with Crippen LogP contribution in [0.1, 0.15) is 32.9 Å². The predicted octanol–water partition coefficient (Wildman–Crippen LogP) is 3.67. The lowest BCUT2D eigenvalue weighted by molar-refractivity contribution is -0.367. The molecule has 3 aromatic rings. The Morgan fingerprint density at radius 1 is 1.15 bits per heavy atom. The third-order valence-corrected chi connectivity index (χ3v) is 5.68. The zero-order valence-corrected chi connectivity index (χ0v) is 18.3. The lowest BCUT2D eigenvalue weighted by atomic mass is 10.1. The molecule has 0 saturated carbocycles. The lowest BCUT2D eigenvalue weighted by Gasteiger charge is -2.31. The van der Waals surface area contributed by atoms with Crippen molar-refractivity contribution >= 4 is 11.7 Å². The van der Waals surface area contributed by atoms with Crippen LogP contribution in [0.5, 0.6) is 5.75 Å². The van der Waals surface area contributed by atoms with Crippen LogP contribution in [0.3, 0.4) is 0 Å². The van der Waals surface area contributed by atoms with Crippen molar-refractivity contribution in [1.29, 1.82) is 0 Å². The van der Waals surface area contributed by atoms with Crippen LogP contribution in [-0.4, -0.2) is 42.1 Å². The molecule has 33 heavy (non-hydrogen) atoms. The highest BCUT2D eigenvalue weighted by molar-refractivity contribution is 5.94. The maximum absolute atomic E-state index is 13.0. The molecule has 1 saturated heterocycles. The summed E-state index contributed by atoms with van der Waals surface area (Å²) in [5.74, 6) is 1.74. The average Bonchev–Trinajstić information content (AvgIpc) is 3.14. The number of anilines is 1. The maximum Gasteiger partial charge on any atom is 0.419 e. The first-order valence-electron chi connectivity index (χ1n) is 10.5. The van der Waals surface area contributed by atoms with Gasteiger partial charge in [-0.25, -0.2) is 4.98 Å². The molecule has 0 aliphatic carbocycles. The van der Waals surface area contributed by atoms with Crippen molar-refractivity contribution in [3.8, 4) is 5.75 Å². The second kappa shape index (κ2) is 9.13. The van der Waals surface area contributed by atoms with Crippen LogP contribution in [0, 0.1) is 13.8 Å². The first-order valence-corrected chi connectivity index (χ1v) is 10.5. The molecule has 4 rings (SSSR count). The van der Waals surface area contributed by atoms with Gasteiger partial charge >= 0.3 is 6.18 Å². The number of aromatic amines is 1. The number of rotatable bonds is 5. The van der Waals surface area contributed by atoms with Gasteiger partial charge in [0.25, 0.3) is 11.7 Å². The minimum absolute atomic E-state index is 0.117. The minimum Gasteiger partial charge on any atom is -0.489 e. The van der Waals surface area contributed by atoms with Crippen molar-refractivity contribution in [2.45, 2.75) is 26.6 Å². The smallest absolute Gasteiger partial charge is 0.419 e. The highest BCUT2D eigenvalue weighted by Gasteiger charge is 2.33. The Hall–Kier alpha value is -3.56. The zero-order chi connectivity index (χ0) is 23.6. The van der Waals surface area contributed by atoms with Crippen LogP contribution in [-0.2, 0) is 12.8 Å². The van der Waals surface area contributed by atoms with Crippen LogP contribution < -0.4 is 14.6 Å². The SMILES string of the molecule is Cc1noc(C)c1COc1cccc(C(=O)N2CCN(c3ccc(C(F)(F)F)c[nH+]3)CC2)c1. The van der Waals surface area contributed by atoms with E-state index in [0.717, 1.165) is 23.5 Å². The van der Waals surface area contributed by atoms with Gasteiger partial charge in [-0.2, -0.15) is 13.2 Å². The number of carbonyl (C=O) groups is 1. The van der Waals surface area contributed by atoms with E-state index in [4.69, 9.17) is 9.26 Å². The monoisotopic (exact) mass is 461 g/mol. The van der Waals surface area contributed by atoms with E-state index in [-0.39, 0.29) is 5.91 Å². The zero-order valence-electron chi connectivity index (χ0n) is 18.3. The number of aromatic nitrogens is 2. The molecule has 1 aromatic carbocycles. The molecule has 0 radical (unpaired) electrons. The van der Waals surface area contributed by atoms with Gasteiger partial charge in [-0.05, 0) is 38.1 Å². The van der Waals surface area contributed by atoms with E-state index < -0.39 is 11.7 Å². The number of amides is 1. The van der Waals surface area contributed by atoms with Gasteiger partial charge in [0.2, 0.25) is 0 Å². The van der Waals surface area contributed by atoms with Crippen LogP contribution in [0.15, 0.2) is 47.1 Å². The molecular formula is C23H24F3N4O3+. The number of benzene rings is 1. The fourth-order valence-electron chi connectivity index (χ4n) is 3.71. The largest absolute Gasteiger partial charge is 0.489 e. The highest BCUT2D eigenvalue weighted by Crippen LogP contribution is 2.28. The number of H-pyrrole nitrogens is 1. The van der Waals surface area contributed by atoms with Crippen molar-refractivity contribution in [3.05, 3.63) is 70.7 Å². The van der Waals surface area contributed by atoms with Crippen molar-refractivity contribution in [3.63, 3.8) is 0 Å². The molecule has 7 nitrogen and oxygen atoms in total. The number of piperazine rings is 1. The Morgan fingerprint density at radius 3 is 2.52 bits per heavy atom. The van der Waals surface area contributed by atoms with Crippen molar-refractivity contribution in [2.24, 2.45) is 0 Å². The molecule has 3 heterocycles. The quantitative estimate of drug-likeness (QED) is 0.580. The molecule has 10 heteroatoms. The molecule has 1 fully saturated rings. The fraction of sp³-hybridized carbons (Fsp3) is 0.348. The van der Waals surface area contributed by atoms with Gasteiger partial charge in [0, 0.05) is 11.6 Å². The van der Waals surface area contributed by atoms with E-state index in [1.165, 1.54) is 6.07 Å². The van der Waals surface area contributed by atoms with Gasteiger partial charge in [0.1, 0.15) is 37.4 Å². The Bertz CT molecular complexity index is 1100. The molecule has 0 bridgehead atoms. The van der Waals surface area contributed by atoms with Gasteiger partial charge in [-0.15, -0.1) is 0 Å². The van der Waals surface area contributed by atoms with E-state index >= 15 is 0 Å². The summed E-state index contributed by atoms with van der Waals surface area (Å²) < 4.78 is 49.2. The number of pyridine rings is 1. The van der Waals surface area contributed by atoms with Gasteiger partial charge in [-0.1, -0.05) is 11.2 Å². The lowest BCUT2D eigenvalue weighted by Crippen LogP contribution is -2.50. The number of alkyl halides is 3. The summed E-state index contributed by atoms with van der Waals surface area (Å²) in [5, 5.41) is 3.91. The number of halogens is 3. The van der Waals surface area contributed by atoms with Gasteiger partial charge in [0.05, 0.1) is 29.9 Å². The van der Waals surface area contributed by atoms with Crippen LogP contribution in [0.4, 0.5) is 19.0 Å². The number of hydrogen-bond donors (Lipinski definition) is 0. The summed E-state index contributed by atoms with van der Waals surface area (Å²) in [6.07, 6.45) is -3.42. The molecule has 0 unspecified atom stereocenters. The minimum atomic E-state index is -4.38. The highest BCUT2D eigenvalue weighted by atomic mass is 19.4. The van der Waals surface area contributed by atoms with E-state index in [0.29, 0.717) is 55.7 Å². The molecule has 1 aliphatic rings. The second-order valence-corrected chi connectivity index (χ2v) is 7.86. The van der Waals surface area contributed by atoms with Crippen molar-refractivity contribution < 1.29 is 32.2 Å². The van der Waals surface area contributed by atoms with Crippen LogP contribution >= 0.6 is 0 Å². The van der Waals surface area contributed by atoms with E-state index in [9.17, 15) is 18.0 Å². The van der Waals surface area contributed by atoms with Gasteiger partial charge in [0.15, 0.2) is 0 Å². The average molecular weight is 461 g/mol. The first kappa shape index (κ1) is 22.6. The number of nitrogens with one attached hydrogen (secondary N) is 1. The van der Waals surface area contributed by atoms with Crippen LogP contribution in [0.2, 0.25) is 0 Å². The molecule has 2 aromatic heterocycles. The van der Waals surface area contributed by atoms with E-state index in [1.807, 2.05) is 18.7 Å². The number of hydrogen-bond acceptors (Lipinski definition) is 5. The third-order valence-electron chi connectivity index (χ3n) is 5.68. The fourth-order valence-corrected chi connectivity index (χ4v) is 3.71. The molecular weight excluding hydrogens is 437 g/mol. The number of nitrogens with zero attached hydrogens (tertiary/aromatic N) is 3. The summed E-state index contributed by atoms with van der Waals surface area (Å²) in [5.41, 5.74) is 1.43. The predicted molar refractivity (Wildman–Crippen MR) is 113 cm³/mol. The van der Waals surface area contributed by atoms with E-state index in [2.05, 4.69) is 10.1 Å². The Kier molecular flexibility index (Phi) is 6.26. The molecule has 1 N–H and O–H groups in total. The summed E-state index contributed by atoms with van der Waals surface area (Å²) in [6, 6.07) is 9.46. The molecule has 0 spiro atoms. The van der Waals surface area contributed by atoms with E-state index in [1.54, 1.807) is 29.2 Å². The number of carbonyl (C=O) groups excluding carboxylic acids is 1. The summed E-state index contributed by atoms with van der Waals surface area (Å²) in [4.78, 5) is 19.3. The first-order chi connectivity index (χ1) is 15.7. The maximum atomic E-state index is 13.0. The molecule has 1 amide bonds. The molecule has 174 valence electrons. The number of aryl methyl sites for hydroxylation is 2. The standard InChI is InChI=1S/C23H23F3N4O3/c1-15-20(16(2)33-28-15)14-32-19-5-3-4-17(12-19)22(31)30-10-8-29(9-11-30)21-7-6-18(13-27-21)23(24,25)26/h3-7,12-13H,8-11,14H2,1-2H3/p+1. The van der Waals surface area contributed by atoms with Gasteiger partial charge in [-0.3, -0.25) is 9.69 Å². The van der Waals surface area contributed by atoms with Gasteiger partial charge < -0.3 is 14.2 Å². The molecule has 1 aliphatic heterocycles. The Balaban J connectivity index is 1.35. The van der Waals surface area contributed by atoms with Crippen LogP contribution in [0.25, 0.3) is 0 Å². The second-order valence-electron chi connectivity index (χ2n) is 7.86. The molecule has 0 atom stereocenters. The Labute approximate surface area is 188 Å². The Morgan fingerprint density at radius 2 is 1.91 bits per heavy atom. The summed E-state index contributed by atoms with van der Waals surface area (Å²) in [7, 11) is 0. The summed E-state index contributed by atoms with van der Waals surface area (Å²) >= 11 is 0.